The lowest BCUT2D eigenvalue weighted by Crippen LogP contribution is -2.07. The first kappa shape index (κ1) is 14.1. The molecule has 0 spiro atoms. The second-order valence-electron chi connectivity index (χ2n) is 6.24. The summed E-state index contributed by atoms with van der Waals surface area (Å²) in [5.74, 6) is -0.436. The van der Waals surface area contributed by atoms with E-state index >= 15 is 0 Å². The number of hydrogen-bond donors (Lipinski definition) is 0. The second kappa shape index (κ2) is 5.31. The maximum Gasteiger partial charge on any atom is 0.194 e. The average molecular weight is 304 g/mol. The molecule has 0 aliphatic heterocycles. The molecule has 0 atom stereocenters. The summed E-state index contributed by atoms with van der Waals surface area (Å²) in [7, 11) is 0. The van der Waals surface area contributed by atoms with E-state index in [1.54, 1.807) is 0 Å². The van der Waals surface area contributed by atoms with Crippen LogP contribution in [0, 0.1) is 12.7 Å². The highest BCUT2D eigenvalue weighted by atomic mass is 19.1. The molecule has 0 aromatic heterocycles. The first-order valence-corrected chi connectivity index (χ1v) is 7.99. The van der Waals surface area contributed by atoms with Crippen LogP contribution in [0.5, 0.6) is 0 Å². The van der Waals surface area contributed by atoms with Crippen LogP contribution in [0.25, 0.3) is 10.8 Å². The maximum absolute atomic E-state index is 14.0. The zero-order chi connectivity index (χ0) is 16.0. The Balaban J connectivity index is 1.93. The van der Waals surface area contributed by atoms with Gasteiger partial charge >= 0.3 is 0 Å². The third-order valence-corrected chi connectivity index (χ3v) is 4.83. The van der Waals surface area contributed by atoms with Gasteiger partial charge in [0.2, 0.25) is 0 Å². The molecule has 4 rings (SSSR count). The lowest BCUT2D eigenvalue weighted by atomic mass is 9.91. The van der Waals surface area contributed by atoms with Crippen LogP contribution in [0.2, 0.25) is 0 Å². The molecule has 0 N–H and O–H groups in total. The van der Waals surface area contributed by atoms with Crippen LogP contribution in [0.4, 0.5) is 4.39 Å². The van der Waals surface area contributed by atoms with Gasteiger partial charge in [0.25, 0.3) is 0 Å². The normalized spacial score (nSPS) is 13.3. The van der Waals surface area contributed by atoms with Crippen molar-refractivity contribution in [1.29, 1.82) is 0 Å². The summed E-state index contributed by atoms with van der Waals surface area (Å²) in [4.78, 5) is 13.1. The fourth-order valence-corrected chi connectivity index (χ4v) is 3.71. The summed E-state index contributed by atoms with van der Waals surface area (Å²) in [6, 6.07) is 14.2. The zero-order valence-electron chi connectivity index (χ0n) is 13.0. The number of fused-ring (bicyclic) bond motifs is 2. The summed E-state index contributed by atoms with van der Waals surface area (Å²) in [6.07, 6.45) is 3.06. The molecule has 23 heavy (non-hydrogen) atoms. The van der Waals surface area contributed by atoms with E-state index in [0.29, 0.717) is 5.56 Å². The Morgan fingerprint density at radius 2 is 1.74 bits per heavy atom. The number of ketones is 1. The third-order valence-electron chi connectivity index (χ3n) is 4.83. The van der Waals surface area contributed by atoms with Gasteiger partial charge in [-0.1, -0.05) is 36.4 Å². The standard InChI is InChI=1S/C21H17FO/c1-13-9-10-19(18-8-4-7-16(13)18)21(23)20-12-15(22)11-14-5-2-3-6-17(14)20/h2-3,5-6,9-12H,4,7-8H2,1H3. The van der Waals surface area contributed by atoms with E-state index < -0.39 is 0 Å². The quantitative estimate of drug-likeness (QED) is 0.608. The molecule has 2 heteroatoms. The molecule has 0 amide bonds. The number of rotatable bonds is 2. The number of carbonyl (C=O) groups excluding carboxylic acids is 1. The molecule has 0 unspecified atom stereocenters. The largest absolute Gasteiger partial charge is 0.289 e. The summed E-state index contributed by atoms with van der Waals surface area (Å²) >= 11 is 0. The van der Waals surface area contributed by atoms with Crippen LogP contribution in [-0.4, -0.2) is 5.78 Å². The topological polar surface area (TPSA) is 17.1 Å². The van der Waals surface area contributed by atoms with E-state index in [-0.39, 0.29) is 11.6 Å². The van der Waals surface area contributed by atoms with Crippen molar-refractivity contribution < 1.29 is 9.18 Å². The van der Waals surface area contributed by atoms with E-state index in [4.69, 9.17) is 0 Å². The molecule has 0 radical (unpaired) electrons. The van der Waals surface area contributed by atoms with Crippen molar-refractivity contribution >= 4 is 16.6 Å². The van der Waals surface area contributed by atoms with Crippen molar-refractivity contribution in [2.24, 2.45) is 0 Å². The first-order valence-electron chi connectivity index (χ1n) is 7.99. The Morgan fingerprint density at radius 1 is 0.957 bits per heavy atom. The van der Waals surface area contributed by atoms with Crippen LogP contribution in [0.15, 0.2) is 48.5 Å². The smallest absolute Gasteiger partial charge is 0.194 e. The van der Waals surface area contributed by atoms with Crippen molar-refractivity contribution in [3.05, 3.63) is 82.2 Å². The molecule has 0 saturated heterocycles. The monoisotopic (exact) mass is 304 g/mol. The van der Waals surface area contributed by atoms with Gasteiger partial charge in [0.15, 0.2) is 5.78 Å². The zero-order valence-corrected chi connectivity index (χ0v) is 13.0. The Bertz CT molecular complexity index is 940. The van der Waals surface area contributed by atoms with Crippen LogP contribution in [-0.2, 0) is 12.8 Å². The molecule has 1 aliphatic rings. The van der Waals surface area contributed by atoms with E-state index in [9.17, 15) is 9.18 Å². The van der Waals surface area contributed by atoms with Crippen LogP contribution >= 0.6 is 0 Å². The molecule has 114 valence electrons. The molecule has 0 saturated carbocycles. The Morgan fingerprint density at radius 3 is 2.61 bits per heavy atom. The van der Waals surface area contributed by atoms with Gasteiger partial charge in [0.05, 0.1) is 0 Å². The Kier molecular flexibility index (Phi) is 3.26. The highest BCUT2D eigenvalue weighted by molar-refractivity contribution is 6.17. The number of carbonyl (C=O) groups is 1. The first-order chi connectivity index (χ1) is 11.1. The van der Waals surface area contributed by atoms with E-state index in [0.717, 1.165) is 41.2 Å². The lowest BCUT2D eigenvalue weighted by Gasteiger charge is -2.12. The molecule has 1 nitrogen and oxygen atoms in total. The van der Waals surface area contributed by atoms with E-state index in [1.807, 2.05) is 36.4 Å². The third kappa shape index (κ3) is 2.26. The van der Waals surface area contributed by atoms with Crippen LogP contribution in [0.3, 0.4) is 0 Å². The molecular formula is C21H17FO. The number of hydrogen-bond acceptors (Lipinski definition) is 1. The summed E-state index contributed by atoms with van der Waals surface area (Å²) in [5, 5.41) is 1.57. The maximum atomic E-state index is 14.0. The van der Waals surface area contributed by atoms with Crippen molar-refractivity contribution in [3.8, 4) is 0 Å². The van der Waals surface area contributed by atoms with Crippen LogP contribution < -0.4 is 0 Å². The molecule has 3 aromatic rings. The minimum absolute atomic E-state index is 0.0705. The lowest BCUT2D eigenvalue weighted by molar-refractivity contribution is 0.103. The highest BCUT2D eigenvalue weighted by Crippen LogP contribution is 2.31. The fraction of sp³-hybridized carbons (Fsp3) is 0.190. The van der Waals surface area contributed by atoms with Gasteiger partial charge in [-0.3, -0.25) is 4.79 Å². The molecular weight excluding hydrogens is 287 g/mol. The van der Waals surface area contributed by atoms with Gasteiger partial charge in [-0.15, -0.1) is 0 Å². The number of benzene rings is 3. The Hall–Kier alpha value is -2.48. The van der Waals surface area contributed by atoms with Crippen LogP contribution in [0.1, 0.15) is 39.0 Å². The Labute approximate surface area is 134 Å². The molecule has 1 aliphatic carbocycles. The molecule has 3 aromatic carbocycles. The molecule has 0 heterocycles. The predicted octanol–water partition coefficient (Wildman–Crippen LogP) is 5.01. The van der Waals surface area contributed by atoms with Crippen molar-refractivity contribution in [1.82, 2.24) is 0 Å². The van der Waals surface area contributed by atoms with Gasteiger partial charge in [-0.25, -0.2) is 4.39 Å². The molecule has 0 fully saturated rings. The van der Waals surface area contributed by atoms with Gasteiger partial charge < -0.3 is 0 Å². The van der Waals surface area contributed by atoms with Gasteiger partial charge in [-0.2, -0.15) is 0 Å². The predicted molar refractivity (Wildman–Crippen MR) is 90.5 cm³/mol. The van der Waals surface area contributed by atoms with Gasteiger partial charge in [0.1, 0.15) is 5.82 Å². The van der Waals surface area contributed by atoms with Crippen molar-refractivity contribution in [3.63, 3.8) is 0 Å². The number of aryl methyl sites for hydroxylation is 1. The van der Waals surface area contributed by atoms with Crippen molar-refractivity contribution in [2.75, 3.05) is 0 Å². The fourth-order valence-electron chi connectivity index (χ4n) is 3.71. The second-order valence-corrected chi connectivity index (χ2v) is 6.24. The van der Waals surface area contributed by atoms with E-state index in [1.165, 1.54) is 23.3 Å². The summed E-state index contributed by atoms with van der Waals surface area (Å²) < 4.78 is 14.0. The minimum atomic E-state index is -0.365. The van der Waals surface area contributed by atoms with Crippen molar-refractivity contribution in [2.45, 2.75) is 26.2 Å². The number of halogens is 1. The molecule has 0 bridgehead atoms. The van der Waals surface area contributed by atoms with E-state index in [2.05, 4.69) is 6.92 Å². The van der Waals surface area contributed by atoms with Gasteiger partial charge in [-0.05, 0) is 65.8 Å². The summed E-state index contributed by atoms with van der Waals surface area (Å²) in [6.45, 7) is 2.09. The average Bonchev–Trinajstić information content (AvgIpc) is 3.04. The summed E-state index contributed by atoms with van der Waals surface area (Å²) in [5.41, 5.74) is 4.90. The van der Waals surface area contributed by atoms with Gasteiger partial charge in [0, 0.05) is 11.1 Å². The SMILES string of the molecule is Cc1ccc(C(=O)c2cc(F)cc3ccccc23)c2c1CCC2. The highest BCUT2D eigenvalue weighted by Gasteiger charge is 2.22. The minimum Gasteiger partial charge on any atom is -0.289 e.